The van der Waals surface area contributed by atoms with Gasteiger partial charge in [-0.25, -0.2) is 0 Å². The van der Waals surface area contributed by atoms with E-state index in [9.17, 15) is 9.59 Å². The topological polar surface area (TPSA) is 53.2 Å². The summed E-state index contributed by atoms with van der Waals surface area (Å²) in [6.45, 7) is 9.90. The van der Waals surface area contributed by atoms with Gasteiger partial charge in [0.15, 0.2) is 0 Å². The molecule has 1 heterocycles. The Labute approximate surface area is 159 Å². The van der Waals surface area contributed by atoms with E-state index in [2.05, 4.69) is 4.98 Å². The quantitative estimate of drug-likeness (QED) is 0.733. The summed E-state index contributed by atoms with van der Waals surface area (Å²) in [4.78, 5) is 30.5. The van der Waals surface area contributed by atoms with Crippen molar-refractivity contribution < 1.29 is 4.79 Å². The van der Waals surface area contributed by atoms with Crippen molar-refractivity contribution >= 4 is 22.5 Å². The van der Waals surface area contributed by atoms with Gasteiger partial charge in [-0.1, -0.05) is 51.1 Å². The lowest BCUT2D eigenvalue weighted by atomic mass is 9.93. The van der Waals surface area contributed by atoms with E-state index in [1.807, 2.05) is 83.1 Å². The molecule has 0 aliphatic heterocycles. The zero-order valence-electron chi connectivity index (χ0n) is 16.6. The van der Waals surface area contributed by atoms with Crippen LogP contribution in [0.25, 0.3) is 10.9 Å². The Hall–Kier alpha value is -2.88. The monoisotopic (exact) mass is 362 g/mol. The number of carbonyl (C=O) groups excluding carboxylic acids is 1. The van der Waals surface area contributed by atoms with Crippen molar-refractivity contribution in [1.29, 1.82) is 0 Å². The molecule has 3 aromatic rings. The second kappa shape index (κ2) is 7.03. The number of fused-ring (bicyclic) bond motifs is 1. The van der Waals surface area contributed by atoms with Crippen molar-refractivity contribution in [2.75, 3.05) is 4.90 Å². The van der Waals surface area contributed by atoms with Gasteiger partial charge in [0.05, 0.1) is 6.54 Å². The number of para-hydroxylation sites is 1. The molecule has 0 aliphatic carbocycles. The van der Waals surface area contributed by atoms with E-state index in [0.717, 1.165) is 27.7 Å². The molecule has 1 amide bonds. The van der Waals surface area contributed by atoms with Crippen molar-refractivity contribution in [1.82, 2.24) is 4.98 Å². The number of rotatable bonds is 3. The fraction of sp³-hybridized carbons (Fsp3) is 0.304. The fourth-order valence-corrected chi connectivity index (χ4v) is 3.19. The van der Waals surface area contributed by atoms with E-state index in [1.165, 1.54) is 0 Å². The number of H-pyrrole nitrogens is 1. The minimum atomic E-state index is -0.553. The third-order valence-electron chi connectivity index (χ3n) is 4.70. The average molecular weight is 362 g/mol. The standard InChI is InChI=1S/C23H26N2O2/c1-15-10-11-17-13-18(21(26)24-19(17)12-15)14-25(22(27)23(3,4)5)20-9-7-6-8-16(20)2/h6-13H,14H2,1-5H3,(H,24,26). The van der Waals surface area contributed by atoms with Crippen molar-refractivity contribution in [2.24, 2.45) is 5.41 Å². The molecule has 0 unspecified atom stereocenters. The van der Waals surface area contributed by atoms with Crippen LogP contribution in [-0.2, 0) is 11.3 Å². The number of hydrogen-bond donors (Lipinski definition) is 1. The van der Waals surface area contributed by atoms with Gasteiger partial charge in [-0.3, -0.25) is 9.59 Å². The van der Waals surface area contributed by atoms with Crippen LogP contribution in [0.4, 0.5) is 5.69 Å². The number of benzene rings is 2. The van der Waals surface area contributed by atoms with Gasteiger partial charge < -0.3 is 9.88 Å². The first-order valence-corrected chi connectivity index (χ1v) is 9.17. The third-order valence-corrected chi connectivity index (χ3v) is 4.70. The summed E-state index contributed by atoms with van der Waals surface area (Å²) in [5, 5.41) is 0.961. The summed E-state index contributed by atoms with van der Waals surface area (Å²) in [6, 6.07) is 15.6. The van der Waals surface area contributed by atoms with E-state index >= 15 is 0 Å². The number of hydrogen-bond acceptors (Lipinski definition) is 2. The molecule has 0 spiro atoms. The number of aromatic nitrogens is 1. The Kier molecular flexibility index (Phi) is 4.92. The summed E-state index contributed by atoms with van der Waals surface area (Å²) in [5.41, 5.74) is 3.61. The number of aryl methyl sites for hydroxylation is 2. The van der Waals surface area contributed by atoms with E-state index in [1.54, 1.807) is 4.90 Å². The summed E-state index contributed by atoms with van der Waals surface area (Å²) < 4.78 is 0. The van der Waals surface area contributed by atoms with E-state index < -0.39 is 5.41 Å². The number of nitrogens with zero attached hydrogens (tertiary/aromatic N) is 1. The molecule has 1 aromatic heterocycles. The molecule has 0 radical (unpaired) electrons. The molecule has 0 saturated heterocycles. The zero-order valence-corrected chi connectivity index (χ0v) is 16.6. The van der Waals surface area contributed by atoms with E-state index in [4.69, 9.17) is 0 Å². The summed E-state index contributed by atoms with van der Waals surface area (Å²) >= 11 is 0. The highest BCUT2D eigenvalue weighted by molar-refractivity contribution is 5.97. The lowest BCUT2D eigenvalue weighted by molar-refractivity contribution is -0.125. The molecule has 27 heavy (non-hydrogen) atoms. The Morgan fingerprint density at radius 3 is 2.41 bits per heavy atom. The molecule has 140 valence electrons. The van der Waals surface area contributed by atoms with Gasteiger partial charge in [0.1, 0.15) is 0 Å². The van der Waals surface area contributed by atoms with Crippen molar-refractivity contribution in [3.63, 3.8) is 0 Å². The largest absolute Gasteiger partial charge is 0.322 e. The maximum Gasteiger partial charge on any atom is 0.253 e. The lowest BCUT2D eigenvalue weighted by Crippen LogP contribution is -2.40. The third kappa shape index (κ3) is 3.95. The number of aromatic amines is 1. The van der Waals surface area contributed by atoms with Gasteiger partial charge >= 0.3 is 0 Å². The van der Waals surface area contributed by atoms with Crippen LogP contribution >= 0.6 is 0 Å². The molecule has 0 aliphatic rings. The average Bonchev–Trinajstić information content (AvgIpc) is 2.59. The van der Waals surface area contributed by atoms with E-state index in [-0.39, 0.29) is 18.0 Å². The van der Waals surface area contributed by atoms with Crippen LogP contribution in [0.15, 0.2) is 53.3 Å². The van der Waals surface area contributed by atoms with Crippen LogP contribution in [0.2, 0.25) is 0 Å². The zero-order chi connectivity index (χ0) is 19.8. The van der Waals surface area contributed by atoms with Crippen LogP contribution in [0.5, 0.6) is 0 Å². The minimum Gasteiger partial charge on any atom is -0.322 e. The van der Waals surface area contributed by atoms with Crippen LogP contribution in [0.3, 0.4) is 0 Å². The molecular weight excluding hydrogens is 336 g/mol. The highest BCUT2D eigenvalue weighted by Crippen LogP contribution is 2.27. The van der Waals surface area contributed by atoms with Crippen LogP contribution in [0, 0.1) is 19.3 Å². The Bertz CT molecular complexity index is 1060. The van der Waals surface area contributed by atoms with Crippen molar-refractivity contribution in [3.8, 4) is 0 Å². The van der Waals surface area contributed by atoms with Crippen molar-refractivity contribution in [2.45, 2.75) is 41.2 Å². The van der Waals surface area contributed by atoms with Crippen LogP contribution in [-0.4, -0.2) is 10.9 Å². The molecular formula is C23H26N2O2. The molecule has 0 fully saturated rings. The molecule has 3 rings (SSSR count). The number of nitrogens with one attached hydrogen (secondary N) is 1. The van der Waals surface area contributed by atoms with Gasteiger partial charge in [-0.15, -0.1) is 0 Å². The predicted molar refractivity (Wildman–Crippen MR) is 111 cm³/mol. The number of pyridine rings is 1. The Balaban J connectivity index is 2.09. The smallest absolute Gasteiger partial charge is 0.253 e. The first-order valence-electron chi connectivity index (χ1n) is 9.17. The Morgan fingerprint density at radius 2 is 1.74 bits per heavy atom. The molecule has 4 heteroatoms. The molecule has 4 nitrogen and oxygen atoms in total. The first-order chi connectivity index (χ1) is 12.7. The van der Waals surface area contributed by atoms with E-state index in [0.29, 0.717) is 5.56 Å². The molecule has 0 saturated carbocycles. The normalized spacial score (nSPS) is 11.6. The molecule has 0 atom stereocenters. The number of carbonyl (C=O) groups is 1. The fourth-order valence-electron chi connectivity index (χ4n) is 3.19. The SMILES string of the molecule is Cc1ccc2cc(CN(C(=O)C(C)(C)C)c3ccccc3C)c(=O)[nH]c2c1. The second-order valence-electron chi connectivity index (χ2n) is 8.14. The lowest BCUT2D eigenvalue weighted by Gasteiger charge is -2.30. The highest BCUT2D eigenvalue weighted by Gasteiger charge is 2.29. The van der Waals surface area contributed by atoms with Gasteiger partial charge in [0.2, 0.25) is 5.91 Å². The number of anilines is 1. The maximum absolute atomic E-state index is 13.2. The van der Waals surface area contributed by atoms with Crippen LogP contribution in [0.1, 0.15) is 37.5 Å². The van der Waals surface area contributed by atoms with Crippen LogP contribution < -0.4 is 10.5 Å². The Morgan fingerprint density at radius 1 is 1.04 bits per heavy atom. The second-order valence-corrected chi connectivity index (χ2v) is 8.14. The molecule has 1 N–H and O–H groups in total. The molecule has 2 aromatic carbocycles. The van der Waals surface area contributed by atoms with Gasteiger partial charge in [-0.2, -0.15) is 0 Å². The van der Waals surface area contributed by atoms with Gasteiger partial charge in [0, 0.05) is 22.2 Å². The van der Waals surface area contributed by atoms with Crippen molar-refractivity contribution in [3.05, 3.63) is 75.6 Å². The first kappa shape index (κ1) is 18.9. The molecule has 0 bridgehead atoms. The predicted octanol–water partition coefficient (Wildman–Crippen LogP) is 4.72. The minimum absolute atomic E-state index is 0.0137. The summed E-state index contributed by atoms with van der Waals surface area (Å²) in [7, 11) is 0. The highest BCUT2D eigenvalue weighted by atomic mass is 16.2. The maximum atomic E-state index is 13.2. The number of amides is 1. The van der Waals surface area contributed by atoms with Gasteiger partial charge in [0.25, 0.3) is 5.56 Å². The van der Waals surface area contributed by atoms with Gasteiger partial charge in [-0.05, 0) is 48.6 Å². The summed E-state index contributed by atoms with van der Waals surface area (Å²) in [6.07, 6.45) is 0. The summed E-state index contributed by atoms with van der Waals surface area (Å²) in [5.74, 6) is -0.0137.